The lowest BCUT2D eigenvalue weighted by molar-refractivity contribution is 0.0650. The zero-order valence-electron chi connectivity index (χ0n) is 21.3. The van der Waals surface area contributed by atoms with Crippen LogP contribution in [0.5, 0.6) is 0 Å². The Labute approximate surface area is 238 Å². The van der Waals surface area contributed by atoms with E-state index in [1.165, 1.54) is 29.2 Å². The number of hydrogen-bond acceptors (Lipinski definition) is 7. The van der Waals surface area contributed by atoms with Gasteiger partial charge >= 0.3 is 0 Å². The molecule has 0 saturated heterocycles. The van der Waals surface area contributed by atoms with Crippen LogP contribution in [0.1, 0.15) is 42.5 Å². The van der Waals surface area contributed by atoms with E-state index in [0.717, 1.165) is 4.90 Å². The molecular formula is C28H22BrN5O5S. The van der Waals surface area contributed by atoms with E-state index in [9.17, 15) is 22.8 Å². The van der Waals surface area contributed by atoms with Gasteiger partial charge in [0.2, 0.25) is 5.95 Å². The summed E-state index contributed by atoms with van der Waals surface area (Å²) >= 11 is 3.36. The van der Waals surface area contributed by atoms with Crippen LogP contribution in [-0.4, -0.2) is 47.7 Å². The van der Waals surface area contributed by atoms with Crippen LogP contribution in [-0.2, 0) is 10.0 Å². The van der Waals surface area contributed by atoms with E-state index in [4.69, 9.17) is 0 Å². The topological polar surface area (TPSA) is 130 Å². The fraction of sp³-hybridized carbons (Fsp3) is 0.107. The number of carbonyl (C=O) groups excluding carboxylic acids is 3. The third kappa shape index (κ3) is 5.36. The van der Waals surface area contributed by atoms with Crippen LogP contribution in [0.25, 0.3) is 0 Å². The van der Waals surface area contributed by atoms with E-state index in [1.54, 1.807) is 68.4 Å². The van der Waals surface area contributed by atoms with Gasteiger partial charge in [0.05, 0.1) is 16.0 Å². The van der Waals surface area contributed by atoms with Crippen molar-refractivity contribution in [2.75, 3.05) is 16.3 Å². The summed E-state index contributed by atoms with van der Waals surface area (Å²) in [5.74, 6) is -1.59. The summed E-state index contributed by atoms with van der Waals surface area (Å²) in [4.78, 5) is 50.2. The largest absolute Gasteiger partial charge is 0.290 e. The number of fused-ring (bicyclic) bond motifs is 1. The quantitative estimate of drug-likeness (QED) is 0.300. The molecule has 0 fully saturated rings. The molecule has 0 radical (unpaired) electrons. The Morgan fingerprint density at radius 1 is 0.875 bits per heavy atom. The highest BCUT2D eigenvalue weighted by molar-refractivity contribution is 9.10. The maximum absolute atomic E-state index is 13.7. The number of imide groups is 1. The molecule has 3 aromatic carbocycles. The minimum absolute atomic E-state index is 0.0568. The van der Waals surface area contributed by atoms with E-state index in [0.29, 0.717) is 21.4 Å². The second kappa shape index (κ2) is 10.6. The number of nitrogens with one attached hydrogen (secondary N) is 1. The molecule has 0 atom stereocenters. The first-order chi connectivity index (χ1) is 19.0. The van der Waals surface area contributed by atoms with Crippen molar-refractivity contribution in [2.24, 2.45) is 0 Å². The molecule has 10 nitrogen and oxygen atoms in total. The standard InChI is InChI=1S/C28H22BrN5O5S/c1-17-14-18(2)31-28(30-17)32-40(38,39)22-12-10-21(11-13-22)33(25(35)19-6-5-7-20(29)15-19)16-34-26(36)23-8-3-4-9-24(23)27(34)37/h3-15H,16H2,1-2H3,(H,30,31,32). The highest BCUT2D eigenvalue weighted by Gasteiger charge is 2.37. The van der Waals surface area contributed by atoms with Crippen LogP contribution in [0.4, 0.5) is 11.6 Å². The highest BCUT2D eigenvalue weighted by Crippen LogP contribution is 2.27. The summed E-state index contributed by atoms with van der Waals surface area (Å²) in [6, 6.07) is 20.3. The highest BCUT2D eigenvalue weighted by atomic mass is 79.9. The van der Waals surface area contributed by atoms with Gasteiger partial charge in [0.25, 0.3) is 27.7 Å². The third-order valence-electron chi connectivity index (χ3n) is 6.14. The first-order valence-corrected chi connectivity index (χ1v) is 14.3. The molecule has 202 valence electrons. The van der Waals surface area contributed by atoms with Gasteiger partial charge in [0.1, 0.15) is 6.67 Å². The first-order valence-electron chi connectivity index (χ1n) is 12.0. The van der Waals surface area contributed by atoms with Crippen LogP contribution >= 0.6 is 15.9 Å². The van der Waals surface area contributed by atoms with Gasteiger partial charge in [-0.1, -0.05) is 34.1 Å². The number of aromatic nitrogens is 2. The third-order valence-corrected chi connectivity index (χ3v) is 7.98. The summed E-state index contributed by atoms with van der Waals surface area (Å²) in [5.41, 5.74) is 2.30. The van der Waals surface area contributed by atoms with Gasteiger partial charge in [-0.15, -0.1) is 0 Å². The van der Waals surface area contributed by atoms with Gasteiger partial charge in [-0.05, 0) is 74.5 Å². The molecule has 5 rings (SSSR count). The average molecular weight is 620 g/mol. The molecule has 0 spiro atoms. The molecule has 0 bridgehead atoms. The van der Waals surface area contributed by atoms with E-state index in [1.807, 2.05) is 0 Å². The summed E-state index contributed by atoms with van der Waals surface area (Å²) in [5, 5.41) is 0. The summed E-state index contributed by atoms with van der Waals surface area (Å²) < 4.78 is 29.1. The van der Waals surface area contributed by atoms with Crippen molar-refractivity contribution in [2.45, 2.75) is 18.7 Å². The first kappa shape index (κ1) is 27.2. The molecule has 1 aliphatic heterocycles. The number of carbonyl (C=O) groups is 3. The maximum Gasteiger partial charge on any atom is 0.264 e. The zero-order valence-corrected chi connectivity index (χ0v) is 23.7. The Balaban J connectivity index is 1.47. The lowest BCUT2D eigenvalue weighted by atomic mass is 10.1. The predicted octanol–water partition coefficient (Wildman–Crippen LogP) is 4.56. The van der Waals surface area contributed by atoms with E-state index in [2.05, 4.69) is 30.6 Å². The Bertz CT molecular complexity index is 1720. The van der Waals surface area contributed by atoms with Gasteiger partial charge in [-0.3, -0.25) is 24.2 Å². The van der Waals surface area contributed by atoms with E-state index < -0.39 is 27.7 Å². The second-order valence-corrected chi connectivity index (χ2v) is 11.6. The normalized spacial score (nSPS) is 12.8. The number of rotatable bonds is 7. The van der Waals surface area contributed by atoms with Gasteiger partial charge in [0, 0.05) is 27.1 Å². The number of anilines is 2. The van der Waals surface area contributed by atoms with Crippen LogP contribution in [0.3, 0.4) is 0 Å². The minimum atomic E-state index is -4.05. The van der Waals surface area contributed by atoms with Crippen LogP contribution < -0.4 is 9.62 Å². The Morgan fingerprint density at radius 3 is 2.05 bits per heavy atom. The fourth-order valence-corrected chi connectivity index (χ4v) is 5.65. The molecule has 4 aromatic rings. The van der Waals surface area contributed by atoms with Crippen molar-refractivity contribution in [3.8, 4) is 0 Å². The molecule has 1 aromatic heterocycles. The lowest BCUT2D eigenvalue weighted by Gasteiger charge is -2.27. The number of benzene rings is 3. The Morgan fingerprint density at radius 2 is 1.48 bits per heavy atom. The summed E-state index contributed by atoms with van der Waals surface area (Å²) in [6.07, 6.45) is 0. The summed E-state index contributed by atoms with van der Waals surface area (Å²) in [6.45, 7) is 3.08. The van der Waals surface area contributed by atoms with Crippen molar-refractivity contribution in [1.82, 2.24) is 14.9 Å². The van der Waals surface area contributed by atoms with Crippen molar-refractivity contribution in [3.05, 3.63) is 111 Å². The van der Waals surface area contributed by atoms with Crippen molar-refractivity contribution >= 4 is 55.3 Å². The lowest BCUT2D eigenvalue weighted by Crippen LogP contribution is -2.44. The van der Waals surface area contributed by atoms with Crippen molar-refractivity contribution in [3.63, 3.8) is 0 Å². The number of amides is 3. The maximum atomic E-state index is 13.7. The molecule has 40 heavy (non-hydrogen) atoms. The smallest absolute Gasteiger partial charge is 0.264 e. The number of sulfonamides is 1. The minimum Gasteiger partial charge on any atom is -0.290 e. The second-order valence-electron chi connectivity index (χ2n) is 9.04. The molecule has 0 unspecified atom stereocenters. The van der Waals surface area contributed by atoms with Gasteiger partial charge in [-0.2, -0.15) is 0 Å². The molecular weight excluding hydrogens is 598 g/mol. The molecule has 1 aliphatic rings. The molecule has 3 amide bonds. The monoisotopic (exact) mass is 619 g/mol. The van der Waals surface area contributed by atoms with Gasteiger partial charge in [-0.25, -0.2) is 23.1 Å². The van der Waals surface area contributed by atoms with Crippen LogP contribution in [0.2, 0.25) is 0 Å². The fourth-order valence-electron chi connectivity index (χ4n) is 4.31. The number of nitrogens with zero attached hydrogens (tertiary/aromatic N) is 4. The Kier molecular flexibility index (Phi) is 7.21. The number of hydrogen-bond donors (Lipinski definition) is 1. The van der Waals surface area contributed by atoms with E-state index >= 15 is 0 Å². The molecule has 2 heterocycles. The predicted molar refractivity (Wildman–Crippen MR) is 152 cm³/mol. The number of aryl methyl sites for hydroxylation is 2. The van der Waals surface area contributed by atoms with Crippen molar-refractivity contribution in [1.29, 1.82) is 0 Å². The van der Waals surface area contributed by atoms with Crippen LogP contribution in [0, 0.1) is 13.8 Å². The molecule has 1 N–H and O–H groups in total. The zero-order chi connectivity index (χ0) is 28.6. The van der Waals surface area contributed by atoms with Gasteiger partial charge < -0.3 is 0 Å². The summed E-state index contributed by atoms with van der Waals surface area (Å²) in [7, 11) is -4.05. The van der Waals surface area contributed by atoms with Crippen molar-refractivity contribution < 1.29 is 22.8 Å². The van der Waals surface area contributed by atoms with E-state index in [-0.39, 0.29) is 34.3 Å². The number of halogens is 1. The van der Waals surface area contributed by atoms with Crippen LogP contribution in [0.15, 0.2) is 88.2 Å². The molecule has 12 heteroatoms. The van der Waals surface area contributed by atoms with Gasteiger partial charge in [0.15, 0.2) is 0 Å². The average Bonchev–Trinajstić information content (AvgIpc) is 3.15. The molecule has 0 saturated carbocycles. The SMILES string of the molecule is Cc1cc(C)nc(NS(=O)(=O)c2ccc(N(CN3C(=O)c4ccccc4C3=O)C(=O)c3cccc(Br)c3)cc2)n1. The Hall–Kier alpha value is -4.42. The molecule has 0 aliphatic carbocycles.